The van der Waals surface area contributed by atoms with Gasteiger partial charge in [-0.3, -0.25) is 0 Å². The molecule has 0 radical (unpaired) electrons. The molecule has 18 heavy (non-hydrogen) atoms. The fourth-order valence-corrected chi connectivity index (χ4v) is 2.91. The topological polar surface area (TPSA) is 41.5 Å². The average Bonchev–Trinajstić information content (AvgIpc) is 2.31. The van der Waals surface area contributed by atoms with E-state index in [-0.39, 0.29) is 24.4 Å². The van der Waals surface area contributed by atoms with Crippen molar-refractivity contribution in [2.24, 2.45) is 0 Å². The summed E-state index contributed by atoms with van der Waals surface area (Å²) in [7, 11) is 0. The Kier molecular flexibility index (Phi) is 4.15. The second-order valence-electron chi connectivity index (χ2n) is 5.24. The third-order valence-corrected chi connectivity index (χ3v) is 3.63. The first-order chi connectivity index (χ1) is 8.53. The first-order valence-electron chi connectivity index (χ1n) is 6.33. The Balaban J connectivity index is 2.14. The third kappa shape index (κ3) is 3.16. The van der Waals surface area contributed by atoms with E-state index >= 15 is 0 Å². The van der Waals surface area contributed by atoms with Gasteiger partial charge in [0.05, 0.1) is 24.4 Å². The SMILES string of the molecule is CC1CC(CO)(Nc2ccc(Cl)cc2)CC(C)O1. The number of nitrogens with one attached hydrogen (secondary N) is 1. The lowest BCUT2D eigenvalue weighted by Gasteiger charge is -2.43. The van der Waals surface area contributed by atoms with Gasteiger partial charge in [0.1, 0.15) is 0 Å². The fraction of sp³-hybridized carbons (Fsp3) is 0.571. The molecule has 0 aliphatic carbocycles. The van der Waals surface area contributed by atoms with E-state index in [9.17, 15) is 5.11 Å². The number of hydrogen-bond acceptors (Lipinski definition) is 3. The van der Waals surface area contributed by atoms with Crippen molar-refractivity contribution in [3.63, 3.8) is 0 Å². The van der Waals surface area contributed by atoms with E-state index in [4.69, 9.17) is 16.3 Å². The van der Waals surface area contributed by atoms with Crippen LogP contribution in [0.15, 0.2) is 24.3 Å². The first kappa shape index (κ1) is 13.7. The predicted molar refractivity (Wildman–Crippen MR) is 74.1 cm³/mol. The Morgan fingerprint density at radius 2 is 1.83 bits per heavy atom. The molecule has 0 aromatic heterocycles. The second kappa shape index (κ2) is 5.47. The van der Waals surface area contributed by atoms with E-state index < -0.39 is 0 Å². The Hall–Kier alpha value is -0.770. The molecule has 1 fully saturated rings. The molecule has 2 N–H and O–H groups in total. The highest BCUT2D eigenvalue weighted by Crippen LogP contribution is 2.32. The minimum Gasteiger partial charge on any atom is -0.394 e. The maximum atomic E-state index is 9.75. The van der Waals surface area contributed by atoms with E-state index in [1.807, 2.05) is 38.1 Å². The molecule has 2 atom stereocenters. The number of aliphatic hydroxyl groups excluding tert-OH is 1. The van der Waals surface area contributed by atoms with Gasteiger partial charge in [-0.2, -0.15) is 0 Å². The standard InChI is InChI=1S/C14H20ClNO2/c1-10-7-14(9-17,8-11(2)18-10)16-13-5-3-12(15)4-6-13/h3-6,10-11,16-17H,7-9H2,1-2H3. The van der Waals surface area contributed by atoms with Crippen molar-refractivity contribution in [3.05, 3.63) is 29.3 Å². The summed E-state index contributed by atoms with van der Waals surface area (Å²) in [5.74, 6) is 0. The molecule has 1 aromatic carbocycles. The van der Waals surface area contributed by atoms with Crippen LogP contribution in [0.2, 0.25) is 5.02 Å². The average molecular weight is 270 g/mol. The summed E-state index contributed by atoms with van der Waals surface area (Å²) < 4.78 is 5.73. The minimum atomic E-state index is -0.301. The molecule has 100 valence electrons. The van der Waals surface area contributed by atoms with Crippen LogP contribution in [-0.4, -0.2) is 29.5 Å². The molecular weight excluding hydrogens is 250 g/mol. The van der Waals surface area contributed by atoms with E-state index in [2.05, 4.69) is 5.32 Å². The van der Waals surface area contributed by atoms with Gasteiger partial charge in [0, 0.05) is 10.7 Å². The summed E-state index contributed by atoms with van der Waals surface area (Å²) in [4.78, 5) is 0. The highest BCUT2D eigenvalue weighted by molar-refractivity contribution is 6.30. The normalized spacial score (nSPS) is 32.2. The molecule has 0 spiro atoms. The minimum absolute atomic E-state index is 0.105. The lowest BCUT2D eigenvalue weighted by Crippen LogP contribution is -2.51. The van der Waals surface area contributed by atoms with Gasteiger partial charge in [-0.05, 0) is 51.0 Å². The molecule has 1 heterocycles. The number of anilines is 1. The monoisotopic (exact) mass is 269 g/mol. The van der Waals surface area contributed by atoms with Crippen molar-refractivity contribution in [1.82, 2.24) is 0 Å². The molecule has 1 aliphatic rings. The molecule has 1 aliphatic heterocycles. The highest BCUT2D eigenvalue weighted by Gasteiger charge is 2.38. The molecule has 0 amide bonds. The summed E-state index contributed by atoms with van der Waals surface area (Å²) in [5.41, 5.74) is 0.681. The van der Waals surface area contributed by atoms with Gasteiger partial charge in [-0.15, -0.1) is 0 Å². The van der Waals surface area contributed by atoms with Gasteiger partial charge in [0.15, 0.2) is 0 Å². The fourth-order valence-electron chi connectivity index (χ4n) is 2.79. The van der Waals surface area contributed by atoms with Crippen molar-refractivity contribution in [2.45, 2.75) is 44.4 Å². The molecule has 0 bridgehead atoms. The van der Waals surface area contributed by atoms with Crippen LogP contribution in [0.1, 0.15) is 26.7 Å². The number of ether oxygens (including phenoxy) is 1. The van der Waals surface area contributed by atoms with Crippen molar-refractivity contribution in [3.8, 4) is 0 Å². The van der Waals surface area contributed by atoms with E-state index in [0.717, 1.165) is 18.5 Å². The van der Waals surface area contributed by atoms with Crippen LogP contribution in [0.4, 0.5) is 5.69 Å². The molecule has 3 nitrogen and oxygen atoms in total. The molecule has 1 aromatic rings. The van der Waals surface area contributed by atoms with Gasteiger partial charge >= 0.3 is 0 Å². The maximum Gasteiger partial charge on any atom is 0.0663 e. The number of benzene rings is 1. The third-order valence-electron chi connectivity index (χ3n) is 3.38. The van der Waals surface area contributed by atoms with Crippen LogP contribution in [0, 0.1) is 0 Å². The van der Waals surface area contributed by atoms with Crippen LogP contribution in [0.3, 0.4) is 0 Å². The summed E-state index contributed by atoms with van der Waals surface area (Å²) >= 11 is 5.87. The summed E-state index contributed by atoms with van der Waals surface area (Å²) in [6.45, 7) is 4.20. The zero-order valence-electron chi connectivity index (χ0n) is 10.8. The Bertz CT molecular complexity index is 383. The Morgan fingerprint density at radius 1 is 1.28 bits per heavy atom. The van der Waals surface area contributed by atoms with Crippen LogP contribution in [-0.2, 0) is 4.74 Å². The highest BCUT2D eigenvalue weighted by atomic mass is 35.5. The molecular formula is C14H20ClNO2. The number of rotatable bonds is 3. The van der Waals surface area contributed by atoms with Gasteiger partial charge in [0.2, 0.25) is 0 Å². The molecule has 2 unspecified atom stereocenters. The summed E-state index contributed by atoms with van der Waals surface area (Å²) in [6.07, 6.45) is 1.91. The van der Waals surface area contributed by atoms with Crippen LogP contribution >= 0.6 is 11.6 Å². The summed E-state index contributed by atoms with van der Waals surface area (Å²) in [5, 5.41) is 13.9. The van der Waals surface area contributed by atoms with Crippen molar-refractivity contribution >= 4 is 17.3 Å². The first-order valence-corrected chi connectivity index (χ1v) is 6.71. The Labute approximate surface area is 113 Å². The molecule has 0 saturated carbocycles. The van der Waals surface area contributed by atoms with Gasteiger partial charge in [-0.1, -0.05) is 11.6 Å². The van der Waals surface area contributed by atoms with Gasteiger partial charge in [0.25, 0.3) is 0 Å². The largest absolute Gasteiger partial charge is 0.394 e. The Morgan fingerprint density at radius 3 is 2.33 bits per heavy atom. The summed E-state index contributed by atoms with van der Waals surface area (Å²) in [6, 6.07) is 7.57. The second-order valence-corrected chi connectivity index (χ2v) is 5.67. The van der Waals surface area contributed by atoms with Crippen molar-refractivity contribution in [2.75, 3.05) is 11.9 Å². The predicted octanol–water partition coefficient (Wildman–Crippen LogP) is 3.07. The lowest BCUT2D eigenvalue weighted by molar-refractivity contribution is -0.0653. The van der Waals surface area contributed by atoms with Crippen LogP contribution < -0.4 is 5.32 Å². The lowest BCUT2D eigenvalue weighted by atomic mass is 9.84. The van der Waals surface area contributed by atoms with E-state index in [1.54, 1.807) is 0 Å². The molecule has 2 rings (SSSR count). The quantitative estimate of drug-likeness (QED) is 0.886. The van der Waals surface area contributed by atoms with Crippen LogP contribution in [0.25, 0.3) is 0 Å². The van der Waals surface area contributed by atoms with Crippen molar-refractivity contribution in [1.29, 1.82) is 0 Å². The number of halogens is 1. The molecule has 1 saturated heterocycles. The van der Waals surface area contributed by atoms with Crippen LogP contribution in [0.5, 0.6) is 0 Å². The smallest absolute Gasteiger partial charge is 0.0663 e. The van der Waals surface area contributed by atoms with E-state index in [0.29, 0.717) is 5.02 Å². The zero-order valence-corrected chi connectivity index (χ0v) is 11.6. The molecule has 4 heteroatoms. The van der Waals surface area contributed by atoms with Gasteiger partial charge < -0.3 is 15.2 Å². The zero-order chi connectivity index (χ0) is 13.2. The van der Waals surface area contributed by atoms with Crippen molar-refractivity contribution < 1.29 is 9.84 Å². The maximum absolute atomic E-state index is 9.75. The van der Waals surface area contributed by atoms with Gasteiger partial charge in [-0.25, -0.2) is 0 Å². The van der Waals surface area contributed by atoms with E-state index in [1.165, 1.54) is 0 Å². The number of hydrogen-bond donors (Lipinski definition) is 2. The number of aliphatic hydroxyl groups is 1.